The highest BCUT2D eigenvalue weighted by Gasteiger charge is 2.52. The van der Waals surface area contributed by atoms with Gasteiger partial charge in [-0.2, -0.15) is 0 Å². The maximum Gasteiger partial charge on any atom is 0.0735 e. The maximum absolute atomic E-state index is 2.49. The third-order valence-electron chi connectivity index (χ3n) is 16.7. The Hall–Kier alpha value is -8.28. The van der Waals surface area contributed by atoms with E-state index in [1.54, 1.807) is 0 Å². The Balaban J connectivity index is 0.864. The SMILES string of the molecule is c1ccc2c(c1)Sc1c(ccc3c1c1ccccc1n3-c1ccc(-n3c4ccccc4c4c5c(ccc43)C3(c4ccccc4S5)c4ccccc4-c4ccccc43)cc1)C21c2ccccc2-c2ccccc21. The summed E-state index contributed by atoms with van der Waals surface area (Å²) >= 11 is 3.87. The second kappa shape index (κ2) is 14.2. The lowest BCUT2D eigenvalue weighted by Gasteiger charge is -2.40. The van der Waals surface area contributed by atoms with Gasteiger partial charge >= 0.3 is 0 Å². The van der Waals surface area contributed by atoms with E-state index in [4.69, 9.17) is 0 Å². The largest absolute Gasteiger partial charge is 0.309 e. The first kappa shape index (κ1) is 39.4. The van der Waals surface area contributed by atoms with Gasteiger partial charge in [0.05, 0.1) is 32.9 Å². The lowest BCUT2D eigenvalue weighted by molar-refractivity contribution is 0.726. The van der Waals surface area contributed by atoms with Crippen molar-refractivity contribution in [3.63, 3.8) is 0 Å². The van der Waals surface area contributed by atoms with Gasteiger partial charge in [-0.3, -0.25) is 0 Å². The summed E-state index contributed by atoms with van der Waals surface area (Å²) in [5.41, 5.74) is 22.5. The van der Waals surface area contributed by atoms with Gasteiger partial charge in [0.1, 0.15) is 0 Å². The highest BCUT2D eigenvalue weighted by Crippen LogP contribution is 2.65. The van der Waals surface area contributed by atoms with Crippen LogP contribution < -0.4 is 0 Å². The summed E-state index contributed by atoms with van der Waals surface area (Å²) in [6.07, 6.45) is 0. The molecule has 0 saturated heterocycles. The van der Waals surface area contributed by atoms with E-state index < -0.39 is 10.8 Å². The van der Waals surface area contributed by atoms with Crippen LogP contribution in [0.25, 0.3) is 77.2 Å². The third-order valence-corrected chi connectivity index (χ3v) is 19.1. The monoisotopic (exact) mass is 948 g/mol. The predicted molar refractivity (Wildman–Crippen MR) is 298 cm³/mol. The van der Waals surface area contributed by atoms with Crippen LogP contribution >= 0.6 is 23.5 Å². The standard InChI is InChI=1S/C68H40N2S2/c1-7-23-49-43(17-1)44-18-2-8-24-50(44)67(49)53-27-11-15-31-61(53)71-65-55(67)37-39-59-63(65)47-21-5-13-29-57(47)69(59)41-33-35-42(36-34-41)70-58-30-14-6-22-48(58)64-60(70)40-38-56-66(64)72-62-32-16-12-28-54(62)68(56)51-25-9-3-19-45(51)46-20-4-10-26-52(46)68/h1-40H. The van der Waals surface area contributed by atoms with E-state index >= 15 is 0 Å². The molecule has 4 heteroatoms. The molecule has 13 aromatic rings. The number of rotatable bonds is 2. The van der Waals surface area contributed by atoms with E-state index in [-0.39, 0.29) is 0 Å². The highest BCUT2D eigenvalue weighted by atomic mass is 32.2. The summed E-state index contributed by atoms with van der Waals surface area (Å²) < 4.78 is 4.98. The van der Waals surface area contributed by atoms with E-state index in [1.807, 2.05) is 23.5 Å². The summed E-state index contributed by atoms with van der Waals surface area (Å²) in [7, 11) is 0. The van der Waals surface area contributed by atoms with Gasteiger partial charge in [0, 0.05) is 52.5 Å². The van der Waals surface area contributed by atoms with Gasteiger partial charge in [-0.25, -0.2) is 0 Å². The average molecular weight is 949 g/mol. The van der Waals surface area contributed by atoms with Crippen molar-refractivity contribution in [2.75, 3.05) is 0 Å². The van der Waals surface area contributed by atoms with Crippen LogP contribution in [0.5, 0.6) is 0 Å². The quantitative estimate of drug-likeness (QED) is 0.171. The molecule has 0 unspecified atom stereocenters. The molecule has 17 rings (SSSR count). The highest BCUT2D eigenvalue weighted by molar-refractivity contribution is 8.00. The summed E-state index contributed by atoms with van der Waals surface area (Å²) in [4.78, 5) is 5.30. The van der Waals surface area contributed by atoms with Gasteiger partial charge in [0.2, 0.25) is 0 Å². The molecule has 0 atom stereocenters. The summed E-state index contributed by atoms with van der Waals surface area (Å²) in [6, 6.07) is 91.7. The average Bonchev–Trinajstić information content (AvgIpc) is 4.15. The van der Waals surface area contributed by atoms with Crippen LogP contribution in [-0.4, -0.2) is 9.13 Å². The van der Waals surface area contributed by atoms with Crippen LogP contribution in [0, 0.1) is 0 Å². The zero-order valence-electron chi connectivity index (χ0n) is 38.8. The number of para-hydroxylation sites is 2. The van der Waals surface area contributed by atoms with Crippen molar-refractivity contribution in [3.05, 3.63) is 287 Å². The molecule has 11 aromatic carbocycles. The van der Waals surface area contributed by atoms with Crippen LogP contribution in [0.1, 0.15) is 44.5 Å². The van der Waals surface area contributed by atoms with Crippen molar-refractivity contribution in [3.8, 4) is 33.6 Å². The summed E-state index contributed by atoms with van der Waals surface area (Å²) in [6.45, 7) is 0. The second-order valence-electron chi connectivity index (χ2n) is 19.8. The van der Waals surface area contributed by atoms with Gasteiger partial charge in [0.25, 0.3) is 0 Å². The molecular weight excluding hydrogens is 909 g/mol. The van der Waals surface area contributed by atoms with Crippen molar-refractivity contribution >= 4 is 67.1 Å². The van der Waals surface area contributed by atoms with Gasteiger partial charge < -0.3 is 9.13 Å². The summed E-state index contributed by atoms with van der Waals surface area (Å²) in [5.74, 6) is 0. The first-order valence-electron chi connectivity index (χ1n) is 24.9. The fraction of sp³-hybridized carbons (Fsp3) is 0.0294. The van der Waals surface area contributed by atoms with Gasteiger partial charge in [-0.15, -0.1) is 0 Å². The third kappa shape index (κ3) is 4.71. The minimum Gasteiger partial charge on any atom is -0.309 e. The maximum atomic E-state index is 2.49. The van der Waals surface area contributed by atoms with Crippen molar-refractivity contribution in [2.45, 2.75) is 30.4 Å². The van der Waals surface area contributed by atoms with Crippen molar-refractivity contribution in [1.29, 1.82) is 0 Å². The molecule has 0 fully saturated rings. The minimum absolute atomic E-state index is 0.431. The molecule has 0 N–H and O–H groups in total. The summed E-state index contributed by atoms with van der Waals surface area (Å²) in [5, 5.41) is 5.16. The Morgan fingerprint density at radius 2 is 0.569 bits per heavy atom. The Bertz CT molecular complexity index is 4150. The van der Waals surface area contributed by atoms with Crippen LogP contribution in [0.4, 0.5) is 0 Å². The Kier molecular flexibility index (Phi) is 7.78. The lowest BCUT2D eigenvalue weighted by Crippen LogP contribution is -2.32. The molecule has 72 heavy (non-hydrogen) atoms. The molecule has 4 aliphatic rings. The topological polar surface area (TPSA) is 9.86 Å². The van der Waals surface area contributed by atoms with Crippen molar-refractivity contribution in [1.82, 2.24) is 9.13 Å². The van der Waals surface area contributed by atoms with Crippen LogP contribution in [0.15, 0.2) is 262 Å². The Morgan fingerprint density at radius 1 is 0.250 bits per heavy atom. The fourth-order valence-electron chi connectivity index (χ4n) is 14.0. The molecule has 2 aliphatic carbocycles. The van der Waals surface area contributed by atoms with Crippen LogP contribution in [-0.2, 0) is 10.8 Å². The molecule has 0 amide bonds. The Morgan fingerprint density at radius 3 is 0.958 bits per heavy atom. The normalized spacial score (nSPS) is 14.8. The molecule has 0 bridgehead atoms. The number of hydrogen-bond acceptors (Lipinski definition) is 2. The fourth-order valence-corrected chi connectivity index (χ4v) is 16.7. The number of benzene rings is 11. The molecule has 0 radical (unpaired) electrons. The van der Waals surface area contributed by atoms with Crippen LogP contribution in [0.3, 0.4) is 0 Å². The Labute approximate surface area is 424 Å². The van der Waals surface area contributed by atoms with E-state index in [0.717, 1.165) is 11.4 Å². The number of fused-ring (bicyclic) bond motifs is 26. The smallest absolute Gasteiger partial charge is 0.0735 e. The van der Waals surface area contributed by atoms with Gasteiger partial charge in [-0.05, 0) is 127 Å². The molecule has 4 heterocycles. The predicted octanol–water partition coefficient (Wildman–Crippen LogP) is 17.5. The minimum atomic E-state index is -0.431. The zero-order chi connectivity index (χ0) is 46.9. The molecule has 2 aromatic heterocycles. The van der Waals surface area contributed by atoms with Crippen LogP contribution in [0.2, 0.25) is 0 Å². The number of nitrogens with zero attached hydrogens (tertiary/aromatic N) is 2. The molecular formula is C68H40N2S2. The molecule has 334 valence electrons. The van der Waals surface area contributed by atoms with Crippen molar-refractivity contribution in [2.24, 2.45) is 0 Å². The van der Waals surface area contributed by atoms with Gasteiger partial charge in [0.15, 0.2) is 0 Å². The number of aromatic nitrogens is 2. The van der Waals surface area contributed by atoms with Gasteiger partial charge in [-0.1, -0.05) is 206 Å². The van der Waals surface area contributed by atoms with E-state index in [0.29, 0.717) is 0 Å². The lowest BCUT2D eigenvalue weighted by atomic mass is 9.67. The first-order chi connectivity index (χ1) is 35.7. The first-order valence-corrected chi connectivity index (χ1v) is 26.6. The molecule has 2 spiro atoms. The molecule has 2 aliphatic heterocycles. The van der Waals surface area contributed by atoms with E-state index in [2.05, 4.69) is 252 Å². The molecule has 0 saturated carbocycles. The van der Waals surface area contributed by atoms with E-state index in [1.165, 1.54) is 130 Å². The molecule has 2 nitrogen and oxygen atoms in total. The zero-order valence-corrected chi connectivity index (χ0v) is 40.4. The second-order valence-corrected chi connectivity index (χ2v) is 21.9. The van der Waals surface area contributed by atoms with E-state index in [9.17, 15) is 0 Å². The van der Waals surface area contributed by atoms with Crippen molar-refractivity contribution < 1.29 is 0 Å². The number of hydrogen-bond donors (Lipinski definition) is 0.